The van der Waals surface area contributed by atoms with Crippen LogP contribution in [0.15, 0.2) is 11.8 Å². The minimum atomic E-state index is -1.11. The van der Waals surface area contributed by atoms with Crippen molar-refractivity contribution in [2.45, 2.75) is 90.6 Å². The number of hydrogen-bond acceptors (Lipinski definition) is 3. The first-order valence-electron chi connectivity index (χ1n) is 8.86. The van der Waals surface area contributed by atoms with Crippen LogP contribution in [0.5, 0.6) is 0 Å². The Morgan fingerprint density at radius 3 is 1.91 bits per heavy atom. The molecule has 0 saturated heterocycles. The molecule has 0 rings (SSSR count). The molecule has 0 fully saturated rings. The van der Waals surface area contributed by atoms with E-state index >= 15 is 0 Å². The summed E-state index contributed by atoms with van der Waals surface area (Å²) in [5.41, 5.74) is -0.0606. The molecule has 2 N–H and O–H groups in total. The summed E-state index contributed by atoms with van der Waals surface area (Å²) in [5, 5.41) is 18.5. The Labute approximate surface area is 135 Å². The van der Waals surface area contributed by atoms with Gasteiger partial charge in [-0.3, -0.25) is 0 Å². The molecule has 1 atom stereocenters. The van der Waals surface area contributed by atoms with Crippen LogP contribution in [-0.2, 0) is 9.53 Å². The van der Waals surface area contributed by atoms with Crippen LogP contribution in [0, 0.1) is 0 Å². The molecule has 0 saturated carbocycles. The zero-order valence-corrected chi connectivity index (χ0v) is 14.4. The molecular formula is C18H34O4. The zero-order valence-electron chi connectivity index (χ0n) is 14.4. The van der Waals surface area contributed by atoms with Gasteiger partial charge in [0.1, 0.15) is 0 Å². The van der Waals surface area contributed by atoms with Crippen LogP contribution in [0.25, 0.3) is 0 Å². The third kappa shape index (κ3) is 11.6. The first-order valence-corrected chi connectivity index (χ1v) is 8.86. The number of carboxylic acids is 1. The van der Waals surface area contributed by atoms with Crippen molar-refractivity contribution in [3.63, 3.8) is 0 Å². The molecule has 130 valence electrons. The normalized spacial score (nSPS) is 13.1. The summed E-state index contributed by atoms with van der Waals surface area (Å²) in [4.78, 5) is 10.9. The van der Waals surface area contributed by atoms with E-state index in [1.54, 1.807) is 6.92 Å². The van der Waals surface area contributed by atoms with Gasteiger partial charge in [-0.2, -0.15) is 0 Å². The highest BCUT2D eigenvalue weighted by molar-refractivity contribution is 5.87. The van der Waals surface area contributed by atoms with Crippen LogP contribution in [0.3, 0.4) is 0 Å². The lowest BCUT2D eigenvalue weighted by molar-refractivity contribution is -0.134. The molecule has 4 heteroatoms. The summed E-state index contributed by atoms with van der Waals surface area (Å²) < 4.78 is 5.25. The third-order valence-corrected chi connectivity index (χ3v) is 3.82. The van der Waals surface area contributed by atoms with E-state index in [1.165, 1.54) is 57.6 Å². The predicted molar refractivity (Wildman–Crippen MR) is 89.8 cm³/mol. The van der Waals surface area contributed by atoms with Gasteiger partial charge in [0.25, 0.3) is 0 Å². The van der Waals surface area contributed by atoms with Crippen molar-refractivity contribution in [3.05, 3.63) is 11.8 Å². The quantitative estimate of drug-likeness (QED) is 0.262. The fourth-order valence-corrected chi connectivity index (χ4v) is 2.31. The number of aliphatic hydroxyl groups excluding tert-OH is 1. The van der Waals surface area contributed by atoms with E-state index in [0.717, 1.165) is 12.8 Å². The second-order valence-electron chi connectivity index (χ2n) is 5.86. The Hall–Kier alpha value is -1.03. The number of aliphatic hydroxyl groups is 1. The van der Waals surface area contributed by atoms with E-state index in [0.29, 0.717) is 13.0 Å². The molecule has 0 aliphatic heterocycles. The van der Waals surface area contributed by atoms with Crippen LogP contribution in [0.4, 0.5) is 0 Å². The molecule has 0 aromatic rings. The Kier molecular flexibility index (Phi) is 14.2. The number of rotatable bonds is 15. The van der Waals surface area contributed by atoms with Gasteiger partial charge in [-0.1, -0.05) is 71.6 Å². The molecule has 0 amide bonds. The fourth-order valence-electron chi connectivity index (χ4n) is 2.31. The second kappa shape index (κ2) is 14.9. The van der Waals surface area contributed by atoms with Crippen LogP contribution < -0.4 is 0 Å². The standard InChI is InChI=1S/C18H34O4/c1-3-5-6-7-8-9-10-11-12-13-14-22-15-16(18(20)21)17(19)4-2/h15,17,19H,3-14H2,1-2H3,(H,20,21). The number of carbonyl (C=O) groups is 1. The molecule has 1 unspecified atom stereocenters. The van der Waals surface area contributed by atoms with Crippen LogP contribution >= 0.6 is 0 Å². The summed E-state index contributed by atoms with van der Waals surface area (Å²) in [7, 11) is 0. The molecule has 0 aromatic carbocycles. The SMILES string of the molecule is CCCCCCCCCCCCOC=C(C(=O)O)C(O)CC. The highest BCUT2D eigenvalue weighted by Crippen LogP contribution is 2.11. The smallest absolute Gasteiger partial charge is 0.337 e. The summed E-state index contributed by atoms with van der Waals surface area (Å²) in [6, 6.07) is 0. The Balaban J connectivity index is 3.50. The number of carboxylic acid groups (broad SMARTS) is 1. The topological polar surface area (TPSA) is 66.8 Å². The molecular weight excluding hydrogens is 280 g/mol. The van der Waals surface area contributed by atoms with E-state index in [1.807, 2.05) is 0 Å². The Bertz CT molecular complexity index is 299. The first kappa shape index (κ1) is 21.0. The minimum Gasteiger partial charge on any atom is -0.501 e. The second-order valence-corrected chi connectivity index (χ2v) is 5.86. The van der Waals surface area contributed by atoms with E-state index in [9.17, 15) is 9.90 Å². The molecule has 0 bridgehead atoms. The Morgan fingerprint density at radius 1 is 0.955 bits per heavy atom. The van der Waals surface area contributed by atoms with Gasteiger partial charge < -0.3 is 14.9 Å². The first-order chi connectivity index (χ1) is 10.6. The zero-order chi connectivity index (χ0) is 16.6. The molecule has 0 spiro atoms. The molecule has 22 heavy (non-hydrogen) atoms. The van der Waals surface area contributed by atoms with Crippen LogP contribution in [-0.4, -0.2) is 28.9 Å². The van der Waals surface area contributed by atoms with Crippen molar-refractivity contribution >= 4 is 5.97 Å². The largest absolute Gasteiger partial charge is 0.501 e. The predicted octanol–water partition coefficient (Wildman–Crippen LogP) is 4.66. The molecule has 0 aromatic heterocycles. The maximum Gasteiger partial charge on any atom is 0.337 e. The van der Waals surface area contributed by atoms with Crippen LogP contribution in [0.1, 0.15) is 84.5 Å². The summed E-state index contributed by atoms with van der Waals surface area (Å²) in [5.74, 6) is -1.11. The fraction of sp³-hybridized carbons (Fsp3) is 0.833. The van der Waals surface area contributed by atoms with E-state index < -0.39 is 12.1 Å². The van der Waals surface area contributed by atoms with Gasteiger partial charge in [-0.15, -0.1) is 0 Å². The Morgan fingerprint density at radius 2 is 1.45 bits per heavy atom. The van der Waals surface area contributed by atoms with Crippen molar-refractivity contribution in [1.82, 2.24) is 0 Å². The number of ether oxygens (including phenoxy) is 1. The number of unbranched alkanes of at least 4 members (excludes halogenated alkanes) is 9. The van der Waals surface area contributed by atoms with Gasteiger partial charge in [0.05, 0.1) is 24.5 Å². The van der Waals surface area contributed by atoms with Gasteiger partial charge in [0.2, 0.25) is 0 Å². The highest BCUT2D eigenvalue weighted by atomic mass is 16.5. The van der Waals surface area contributed by atoms with E-state index in [2.05, 4.69) is 6.92 Å². The third-order valence-electron chi connectivity index (χ3n) is 3.82. The molecule has 0 heterocycles. The minimum absolute atomic E-state index is 0.0606. The van der Waals surface area contributed by atoms with E-state index in [-0.39, 0.29) is 5.57 Å². The lowest BCUT2D eigenvalue weighted by atomic mass is 10.1. The maximum absolute atomic E-state index is 10.9. The summed E-state index contributed by atoms with van der Waals surface area (Å²) >= 11 is 0. The van der Waals surface area contributed by atoms with Crippen molar-refractivity contribution in [3.8, 4) is 0 Å². The average Bonchev–Trinajstić information content (AvgIpc) is 2.51. The van der Waals surface area contributed by atoms with Crippen molar-refractivity contribution in [1.29, 1.82) is 0 Å². The lowest BCUT2D eigenvalue weighted by Crippen LogP contribution is -2.17. The highest BCUT2D eigenvalue weighted by Gasteiger charge is 2.16. The van der Waals surface area contributed by atoms with Gasteiger partial charge >= 0.3 is 5.97 Å². The van der Waals surface area contributed by atoms with Gasteiger partial charge in [-0.05, 0) is 12.8 Å². The maximum atomic E-state index is 10.9. The average molecular weight is 314 g/mol. The van der Waals surface area contributed by atoms with Crippen molar-refractivity contribution in [2.75, 3.05) is 6.61 Å². The monoisotopic (exact) mass is 314 g/mol. The van der Waals surface area contributed by atoms with Gasteiger partial charge in [0, 0.05) is 0 Å². The van der Waals surface area contributed by atoms with Crippen molar-refractivity contribution < 1.29 is 19.7 Å². The lowest BCUT2D eigenvalue weighted by Gasteiger charge is -2.09. The summed E-state index contributed by atoms with van der Waals surface area (Å²) in [6.07, 6.45) is 13.2. The van der Waals surface area contributed by atoms with Crippen molar-refractivity contribution in [2.24, 2.45) is 0 Å². The molecule has 0 aliphatic carbocycles. The molecule has 0 aliphatic rings. The van der Waals surface area contributed by atoms with Gasteiger partial charge in [0.15, 0.2) is 0 Å². The van der Waals surface area contributed by atoms with Gasteiger partial charge in [-0.25, -0.2) is 4.79 Å². The number of aliphatic carboxylic acids is 1. The van der Waals surface area contributed by atoms with Crippen LogP contribution in [0.2, 0.25) is 0 Å². The molecule has 0 radical (unpaired) electrons. The summed E-state index contributed by atoms with van der Waals surface area (Å²) in [6.45, 7) is 4.49. The molecule has 4 nitrogen and oxygen atoms in total. The van der Waals surface area contributed by atoms with E-state index in [4.69, 9.17) is 9.84 Å². The number of hydrogen-bond donors (Lipinski definition) is 2.